The van der Waals surface area contributed by atoms with Gasteiger partial charge in [0.1, 0.15) is 0 Å². The van der Waals surface area contributed by atoms with Gasteiger partial charge in [-0.2, -0.15) is 0 Å². The Bertz CT molecular complexity index is 565. The van der Waals surface area contributed by atoms with Crippen LogP contribution in [-0.4, -0.2) is 13.1 Å². The molecule has 1 aliphatic carbocycles. The molecule has 0 radical (unpaired) electrons. The second-order valence-corrected chi connectivity index (χ2v) is 5.60. The average molecular weight is 286 g/mol. The summed E-state index contributed by atoms with van der Waals surface area (Å²) in [5.41, 5.74) is 1.19. The van der Waals surface area contributed by atoms with Crippen molar-refractivity contribution >= 4 is 23.4 Å². The summed E-state index contributed by atoms with van der Waals surface area (Å²) in [6.45, 7) is 0. The Labute approximate surface area is 123 Å². The van der Waals surface area contributed by atoms with Gasteiger partial charge >= 0.3 is 5.97 Å². The first-order valence-corrected chi connectivity index (χ1v) is 7.52. The highest BCUT2D eigenvalue weighted by Gasteiger charge is 2.00. The molecule has 1 aromatic heterocycles. The van der Waals surface area contributed by atoms with Gasteiger partial charge in [-0.25, -0.2) is 4.79 Å². The average Bonchev–Trinajstić information content (AvgIpc) is 3.31. The highest BCUT2D eigenvalue weighted by molar-refractivity contribution is 7.16. The van der Waals surface area contributed by atoms with Crippen molar-refractivity contribution in [1.29, 1.82) is 0 Å². The van der Waals surface area contributed by atoms with Crippen LogP contribution in [0.4, 0.5) is 0 Å². The Morgan fingerprint density at radius 3 is 2.40 bits per heavy atom. The molecule has 1 saturated carbocycles. The van der Waals surface area contributed by atoms with Gasteiger partial charge in [0.25, 0.3) is 0 Å². The number of hydrogen-bond donors (Lipinski definition) is 0. The number of benzene rings is 1. The van der Waals surface area contributed by atoms with E-state index >= 15 is 0 Å². The zero-order chi connectivity index (χ0) is 14.2. The Kier molecular flexibility index (Phi) is 5.56. The lowest BCUT2D eigenvalue weighted by Crippen LogP contribution is -1.92. The van der Waals surface area contributed by atoms with Crippen LogP contribution >= 0.6 is 11.3 Å². The lowest BCUT2D eigenvalue weighted by atomic mass is 10.2. The summed E-state index contributed by atoms with van der Waals surface area (Å²) >= 11 is 1.64. The maximum Gasteiger partial charge on any atom is 0.330 e. The van der Waals surface area contributed by atoms with Crippen LogP contribution < -0.4 is 0 Å². The van der Waals surface area contributed by atoms with E-state index in [2.05, 4.69) is 22.9 Å². The molecule has 1 fully saturated rings. The maximum atomic E-state index is 11.0. The molecule has 1 heterocycles. The van der Waals surface area contributed by atoms with Gasteiger partial charge in [-0.15, -0.1) is 11.3 Å². The Morgan fingerprint density at radius 2 is 1.80 bits per heavy atom. The number of hydrogen-bond acceptors (Lipinski definition) is 3. The molecule has 0 atom stereocenters. The van der Waals surface area contributed by atoms with Crippen molar-refractivity contribution in [2.24, 2.45) is 0 Å². The van der Waals surface area contributed by atoms with Gasteiger partial charge < -0.3 is 4.74 Å². The molecule has 20 heavy (non-hydrogen) atoms. The van der Waals surface area contributed by atoms with E-state index in [0.717, 1.165) is 4.88 Å². The minimum Gasteiger partial charge on any atom is -0.466 e. The molecule has 0 unspecified atom stereocenters. The van der Waals surface area contributed by atoms with Gasteiger partial charge in [-0.1, -0.05) is 49.6 Å². The first-order valence-electron chi connectivity index (χ1n) is 6.71. The summed E-state index contributed by atoms with van der Waals surface area (Å²) in [5, 5.41) is 0. The van der Waals surface area contributed by atoms with E-state index in [1.54, 1.807) is 17.4 Å². The predicted molar refractivity (Wildman–Crippen MR) is 84.7 cm³/mol. The van der Waals surface area contributed by atoms with Crippen LogP contribution in [0.2, 0.25) is 0 Å². The predicted octanol–water partition coefficient (Wildman–Crippen LogP) is 4.77. The molecule has 0 aliphatic heterocycles. The van der Waals surface area contributed by atoms with E-state index in [1.807, 2.05) is 24.3 Å². The molecule has 0 saturated heterocycles. The van der Waals surface area contributed by atoms with E-state index in [4.69, 9.17) is 0 Å². The zero-order valence-electron chi connectivity index (χ0n) is 11.5. The standard InChI is InChI=1S/C14H12O2S.C3H6/c1-16-14(15)10-8-12-7-9-13(17-12)11-5-3-2-4-6-11;1-2-3-1/h2-10H,1H3;1-3H2. The van der Waals surface area contributed by atoms with E-state index in [0.29, 0.717) is 0 Å². The lowest BCUT2D eigenvalue weighted by molar-refractivity contribution is -0.134. The fraction of sp³-hybridized carbons (Fsp3) is 0.235. The minimum atomic E-state index is -0.334. The SMILES string of the molecule is C1CC1.COC(=O)C=Cc1ccc(-c2ccccc2)s1. The number of ether oxygens (including phenoxy) is 1. The third-order valence-electron chi connectivity index (χ3n) is 2.62. The van der Waals surface area contributed by atoms with Crippen LogP contribution in [0.1, 0.15) is 24.1 Å². The number of carbonyl (C=O) groups excluding carboxylic acids is 1. The van der Waals surface area contributed by atoms with Crippen molar-refractivity contribution in [1.82, 2.24) is 0 Å². The van der Waals surface area contributed by atoms with Crippen LogP contribution in [0.5, 0.6) is 0 Å². The highest BCUT2D eigenvalue weighted by Crippen LogP contribution is 2.28. The maximum absolute atomic E-state index is 11.0. The van der Waals surface area contributed by atoms with Crippen molar-refractivity contribution in [3.8, 4) is 10.4 Å². The summed E-state index contributed by atoms with van der Waals surface area (Å²) in [5.74, 6) is -0.334. The molecule has 0 bridgehead atoms. The van der Waals surface area contributed by atoms with Crippen LogP contribution in [-0.2, 0) is 9.53 Å². The largest absolute Gasteiger partial charge is 0.466 e. The summed E-state index contributed by atoms with van der Waals surface area (Å²) in [7, 11) is 1.37. The molecule has 104 valence electrons. The lowest BCUT2D eigenvalue weighted by Gasteiger charge is -1.94. The normalized spacial score (nSPS) is 12.7. The molecule has 0 N–H and O–H groups in total. The van der Waals surface area contributed by atoms with Gasteiger partial charge in [0.15, 0.2) is 0 Å². The Hall–Kier alpha value is -1.87. The molecule has 0 amide bonds. The molecule has 1 aliphatic rings. The summed E-state index contributed by atoms with van der Waals surface area (Å²) < 4.78 is 4.54. The number of esters is 1. The zero-order valence-corrected chi connectivity index (χ0v) is 12.4. The third-order valence-corrected chi connectivity index (χ3v) is 3.72. The van der Waals surface area contributed by atoms with Crippen molar-refractivity contribution in [3.63, 3.8) is 0 Å². The van der Waals surface area contributed by atoms with Crippen LogP contribution in [0.25, 0.3) is 16.5 Å². The quantitative estimate of drug-likeness (QED) is 0.600. The molecule has 2 nitrogen and oxygen atoms in total. The van der Waals surface area contributed by atoms with Crippen molar-refractivity contribution < 1.29 is 9.53 Å². The first-order chi connectivity index (χ1) is 9.79. The monoisotopic (exact) mass is 286 g/mol. The van der Waals surface area contributed by atoms with Crippen LogP contribution in [0.3, 0.4) is 0 Å². The smallest absolute Gasteiger partial charge is 0.330 e. The third kappa shape index (κ3) is 5.02. The van der Waals surface area contributed by atoms with E-state index in [9.17, 15) is 4.79 Å². The second kappa shape index (κ2) is 7.65. The molecule has 0 spiro atoms. The van der Waals surface area contributed by atoms with Crippen LogP contribution in [0, 0.1) is 0 Å². The van der Waals surface area contributed by atoms with Gasteiger partial charge in [0, 0.05) is 15.8 Å². The van der Waals surface area contributed by atoms with E-state index in [1.165, 1.54) is 42.9 Å². The van der Waals surface area contributed by atoms with Crippen molar-refractivity contribution in [2.45, 2.75) is 19.3 Å². The Balaban J connectivity index is 0.000000432. The van der Waals surface area contributed by atoms with Gasteiger partial charge in [-0.3, -0.25) is 0 Å². The molecular weight excluding hydrogens is 268 g/mol. The van der Waals surface area contributed by atoms with Gasteiger partial charge in [0.05, 0.1) is 7.11 Å². The van der Waals surface area contributed by atoms with Gasteiger partial charge in [-0.05, 0) is 23.8 Å². The molecule has 3 heteroatoms. The molecule has 1 aromatic carbocycles. The van der Waals surface area contributed by atoms with Crippen molar-refractivity contribution in [3.05, 3.63) is 53.4 Å². The minimum absolute atomic E-state index is 0.334. The van der Waals surface area contributed by atoms with Gasteiger partial charge in [0.2, 0.25) is 0 Å². The fourth-order valence-corrected chi connectivity index (χ4v) is 2.33. The number of thiophene rings is 1. The number of carbonyl (C=O) groups is 1. The topological polar surface area (TPSA) is 26.3 Å². The molecular formula is C17H18O2S. The molecule has 2 aromatic rings. The highest BCUT2D eigenvalue weighted by atomic mass is 32.1. The second-order valence-electron chi connectivity index (χ2n) is 4.49. The fourth-order valence-electron chi connectivity index (χ4n) is 1.42. The number of rotatable bonds is 3. The first kappa shape index (κ1) is 14.5. The Morgan fingerprint density at radius 1 is 1.10 bits per heavy atom. The van der Waals surface area contributed by atoms with Crippen molar-refractivity contribution in [2.75, 3.05) is 7.11 Å². The van der Waals surface area contributed by atoms with Crippen LogP contribution in [0.15, 0.2) is 48.5 Å². The summed E-state index contributed by atoms with van der Waals surface area (Å²) in [6.07, 6.45) is 7.70. The molecule has 3 rings (SSSR count). The van der Waals surface area contributed by atoms with E-state index < -0.39 is 0 Å². The van der Waals surface area contributed by atoms with E-state index in [-0.39, 0.29) is 5.97 Å². The summed E-state index contributed by atoms with van der Waals surface area (Å²) in [6, 6.07) is 14.2. The number of methoxy groups -OCH3 is 1. The summed E-state index contributed by atoms with van der Waals surface area (Å²) in [4.78, 5) is 13.2.